The Labute approximate surface area is 177 Å². The van der Waals surface area contributed by atoms with Crippen molar-refractivity contribution in [2.75, 3.05) is 13.1 Å². The van der Waals surface area contributed by atoms with Gasteiger partial charge in [0.1, 0.15) is 0 Å². The number of nitrogens with zero attached hydrogens (tertiary/aromatic N) is 1. The first-order chi connectivity index (χ1) is 14.1. The molecule has 0 unspecified atom stereocenters. The normalized spacial score (nSPS) is 31.8. The molecular formula is C25H41NO3. The van der Waals surface area contributed by atoms with Crippen LogP contribution in [0.2, 0.25) is 0 Å². The topological polar surface area (TPSA) is 60.8 Å². The lowest BCUT2D eigenvalue weighted by Crippen LogP contribution is -2.27. The molecule has 3 aliphatic rings. The van der Waals surface area contributed by atoms with Gasteiger partial charge in [0.05, 0.1) is 12.2 Å². The Kier molecular flexibility index (Phi) is 8.80. The van der Waals surface area contributed by atoms with Crippen LogP contribution in [0.5, 0.6) is 0 Å². The van der Waals surface area contributed by atoms with Crippen molar-refractivity contribution in [3.8, 4) is 0 Å². The van der Waals surface area contributed by atoms with Crippen LogP contribution in [0, 0.1) is 17.8 Å². The molecule has 1 amide bonds. The van der Waals surface area contributed by atoms with Gasteiger partial charge in [0.2, 0.25) is 5.91 Å². The molecule has 0 spiro atoms. The van der Waals surface area contributed by atoms with Crippen LogP contribution in [0.15, 0.2) is 23.8 Å². The van der Waals surface area contributed by atoms with Gasteiger partial charge in [-0.1, -0.05) is 50.0 Å². The summed E-state index contributed by atoms with van der Waals surface area (Å²) in [6.07, 6.45) is 18.0. The Hall–Kier alpha value is -1.13. The SMILES string of the molecule is CCCCC[C@H](O)/C=C/[C@@H]1[C@H]2CC(=CCCCC(=O)N3CCCC3)C[C@H]2C[C@H]1O. The predicted molar refractivity (Wildman–Crippen MR) is 117 cm³/mol. The number of unbranched alkanes of at least 4 members (excludes halogenated alkanes) is 3. The first-order valence-electron chi connectivity index (χ1n) is 12.1. The maximum Gasteiger partial charge on any atom is 0.222 e. The lowest BCUT2D eigenvalue weighted by molar-refractivity contribution is -0.130. The lowest BCUT2D eigenvalue weighted by atomic mass is 9.90. The second-order valence-corrected chi connectivity index (χ2v) is 9.50. The van der Waals surface area contributed by atoms with Gasteiger partial charge in [-0.15, -0.1) is 0 Å². The van der Waals surface area contributed by atoms with Crippen molar-refractivity contribution in [3.05, 3.63) is 23.8 Å². The van der Waals surface area contributed by atoms with Crippen LogP contribution in [-0.4, -0.2) is 46.3 Å². The van der Waals surface area contributed by atoms with E-state index >= 15 is 0 Å². The molecule has 164 valence electrons. The number of allylic oxidation sites excluding steroid dienone is 2. The quantitative estimate of drug-likeness (QED) is 0.414. The summed E-state index contributed by atoms with van der Waals surface area (Å²) < 4.78 is 0. The fourth-order valence-corrected chi connectivity index (χ4v) is 5.58. The monoisotopic (exact) mass is 403 g/mol. The zero-order valence-electron chi connectivity index (χ0n) is 18.3. The first kappa shape index (κ1) is 22.6. The summed E-state index contributed by atoms with van der Waals surface area (Å²) in [7, 11) is 0. The zero-order valence-corrected chi connectivity index (χ0v) is 18.3. The number of hydrogen-bond acceptors (Lipinski definition) is 3. The van der Waals surface area contributed by atoms with Gasteiger partial charge in [0, 0.05) is 25.4 Å². The number of rotatable bonds is 10. The van der Waals surface area contributed by atoms with Crippen LogP contribution in [-0.2, 0) is 4.79 Å². The maximum absolute atomic E-state index is 12.1. The molecule has 2 N–H and O–H groups in total. The molecule has 29 heavy (non-hydrogen) atoms. The Morgan fingerprint density at radius 3 is 2.76 bits per heavy atom. The van der Waals surface area contributed by atoms with E-state index in [2.05, 4.69) is 19.1 Å². The molecule has 2 saturated carbocycles. The summed E-state index contributed by atoms with van der Waals surface area (Å²) >= 11 is 0. The van der Waals surface area contributed by atoms with E-state index in [0.717, 1.165) is 70.9 Å². The number of carbonyl (C=O) groups excluding carboxylic acids is 1. The zero-order chi connectivity index (χ0) is 20.6. The summed E-state index contributed by atoms with van der Waals surface area (Å²) in [5.74, 6) is 1.61. The average molecular weight is 404 g/mol. The van der Waals surface area contributed by atoms with Crippen molar-refractivity contribution in [1.82, 2.24) is 4.90 Å². The molecule has 4 nitrogen and oxygen atoms in total. The van der Waals surface area contributed by atoms with Crippen LogP contribution >= 0.6 is 0 Å². The molecule has 3 fully saturated rings. The van der Waals surface area contributed by atoms with Gasteiger partial charge in [0.15, 0.2) is 0 Å². The number of hydrogen-bond donors (Lipinski definition) is 2. The van der Waals surface area contributed by atoms with Crippen LogP contribution in [0.3, 0.4) is 0 Å². The van der Waals surface area contributed by atoms with E-state index in [1.807, 2.05) is 11.0 Å². The molecule has 0 aromatic heterocycles. The molecule has 0 aromatic carbocycles. The number of aliphatic hydroxyl groups excluding tert-OH is 2. The molecule has 0 radical (unpaired) electrons. The van der Waals surface area contributed by atoms with E-state index in [1.165, 1.54) is 18.4 Å². The van der Waals surface area contributed by atoms with Crippen LogP contribution in [0.1, 0.15) is 84.0 Å². The molecule has 1 saturated heterocycles. The van der Waals surface area contributed by atoms with E-state index in [9.17, 15) is 15.0 Å². The van der Waals surface area contributed by atoms with Gasteiger partial charge in [-0.3, -0.25) is 4.79 Å². The molecule has 1 heterocycles. The van der Waals surface area contributed by atoms with Gasteiger partial charge in [-0.25, -0.2) is 0 Å². The first-order valence-corrected chi connectivity index (χ1v) is 12.1. The van der Waals surface area contributed by atoms with E-state index in [4.69, 9.17) is 0 Å². The summed E-state index contributed by atoms with van der Waals surface area (Å²) in [6, 6.07) is 0. The van der Waals surface area contributed by atoms with Gasteiger partial charge in [-0.05, 0) is 63.2 Å². The molecule has 0 bridgehead atoms. The summed E-state index contributed by atoms with van der Waals surface area (Å²) in [5, 5.41) is 20.7. The second kappa shape index (κ2) is 11.3. The smallest absolute Gasteiger partial charge is 0.222 e. The van der Waals surface area contributed by atoms with Crippen molar-refractivity contribution in [3.63, 3.8) is 0 Å². The van der Waals surface area contributed by atoms with Crippen molar-refractivity contribution in [1.29, 1.82) is 0 Å². The third-order valence-electron chi connectivity index (χ3n) is 7.26. The fourth-order valence-electron chi connectivity index (χ4n) is 5.58. The van der Waals surface area contributed by atoms with Crippen molar-refractivity contribution < 1.29 is 15.0 Å². The molecule has 3 rings (SSSR count). The van der Waals surface area contributed by atoms with Crippen molar-refractivity contribution in [2.24, 2.45) is 17.8 Å². The van der Waals surface area contributed by atoms with E-state index < -0.39 is 0 Å². The number of likely N-dealkylation sites (tertiary alicyclic amines) is 1. The second-order valence-electron chi connectivity index (χ2n) is 9.50. The van der Waals surface area contributed by atoms with Crippen LogP contribution in [0.4, 0.5) is 0 Å². The van der Waals surface area contributed by atoms with Gasteiger partial charge >= 0.3 is 0 Å². The summed E-state index contributed by atoms with van der Waals surface area (Å²) in [6.45, 7) is 4.08. The molecule has 1 aliphatic heterocycles. The summed E-state index contributed by atoms with van der Waals surface area (Å²) in [4.78, 5) is 14.2. The number of amides is 1. The molecular weight excluding hydrogens is 362 g/mol. The highest BCUT2D eigenvalue weighted by molar-refractivity contribution is 5.76. The standard InChI is InChI=1S/C25H41NO3/c1-2-3-4-10-21(27)12-13-22-23-17-19(16-20(23)18-24(22)28)9-5-6-11-25(29)26-14-7-8-15-26/h9,12-13,20-24,27-28H,2-8,10-11,14-18H2,1H3/b13-12+,19-9?/t20-,21-,22+,23-,24+/m0/s1. The van der Waals surface area contributed by atoms with Crippen LogP contribution < -0.4 is 0 Å². The molecule has 2 aliphatic carbocycles. The minimum Gasteiger partial charge on any atom is -0.392 e. The average Bonchev–Trinajstić information content (AvgIpc) is 3.41. The Balaban J connectivity index is 1.42. The van der Waals surface area contributed by atoms with Crippen molar-refractivity contribution >= 4 is 5.91 Å². The lowest BCUT2D eigenvalue weighted by Gasteiger charge is -2.18. The minimum absolute atomic E-state index is 0.184. The third-order valence-corrected chi connectivity index (χ3v) is 7.26. The summed E-state index contributed by atoms with van der Waals surface area (Å²) in [5.41, 5.74) is 1.52. The van der Waals surface area contributed by atoms with Gasteiger partial charge in [-0.2, -0.15) is 0 Å². The van der Waals surface area contributed by atoms with E-state index in [-0.39, 0.29) is 18.1 Å². The third kappa shape index (κ3) is 6.42. The fraction of sp³-hybridized carbons (Fsp3) is 0.800. The van der Waals surface area contributed by atoms with Gasteiger partial charge in [0.25, 0.3) is 0 Å². The predicted octanol–water partition coefficient (Wildman–Crippen LogP) is 4.61. The number of carbonyl (C=O) groups is 1. The van der Waals surface area contributed by atoms with E-state index in [1.54, 1.807) is 0 Å². The molecule has 0 aromatic rings. The maximum atomic E-state index is 12.1. The number of fused-ring (bicyclic) bond motifs is 1. The Morgan fingerprint density at radius 2 is 2.00 bits per heavy atom. The van der Waals surface area contributed by atoms with Crippen molar-refractivity contribution in [2.45, 2.75) is 96.2 Å². The molecule has 4 heteroatoms. The highest BCUT2D eigenvalue weighted by Gasteiger charge is 2.44. The molecule has 5 atom stereocenters. The van der Waals surface area contributed by atoms with Crippen LogP contribution in [0.25, 0.3) is 0 Å². The highest BCUT2D eigenvalue weighted by atomic mass is 16.3. The number of aliphatic hydroxyl groups is 2. The Morgan fingerprint density at radius 1 is 1.21 bits per heavy atom. The Bertz CT molecular complexity index is 579. The van der Waals surface area contributed by atoms with E-state index in [0.29, 0.717) is 24.2 Å². The van der Waals surface area contributed by atoms with Gasteiger partial charge < -0.3 is 15.1 Å². The minimum atomic E-state index is -0.377. The highest BCUT2D eigenvalue weighted by Crippen LogP contribution is 2.50. The largest absolute Gasteiger partial charge is 0.392 e.